The quantitative estimate of drug-likeness (QED) is 0.696. The molecule has 1 saturated carbocycles. The number of fused-ring (bicyclic) bond motifs is 1. The Morgan fingerprint density at radius 2 is 2.09 bits per heavy atom. The molecule has 2 saturated heterocycles. The van der Waals surface area contributed by atoms with Crippen LogP contribution in [0.25, 0.3) is 0 Å². The molecular weight excluding hydrogens is 428 g/mol. The molecule has 3 atom stereocenters. The van der Waals surface area contributed by atoms with E-state index in [-0.39, 0.29) is 17.9 Å². The summed E-state index contributed by atoms with van der Waals surface area (Å²) in [5, 5.41) is 4.91. The molecule has 3 aliphatic rings. The summed E-state index contributed by atoms with van der Waals surface area (Å²) in [6.45, 7) is 3.53. The number of hydrogen-bond donors (Lipinski definition) is 1. The molecule has 1 spiro atoms. The summed E-state index contributed by atoms with van der Waals surface area (Å²) in [7, 11) is 6.03. The van der Waals surface area contributed by atoms with Gasteiger partial charge in [-0.25, -0.2) is 4.79 Å². The van der Waals surface area contributed by atoms with Crippen molar-refractivity contribution in [3.63, 3.8) is 0 Å². The van der Waals surface area contributed by atoms with Gasteiger partial charge in [0.25, 0.3) is 0 Å². The molecule has 1 aromatic rings. The summed E-state index contributed by atoms with van der Waals surface area (Å²) in [4.78, 5) is 33.4. The molecule has 32 heavy (non-hydrogen) atoms. The minimum atomic E-state index is -0.465. The molecule has 9 heteroatoms. The standard InChI is InChI=1S/C23H36N4O4S/c1-25(2)9-8-24-22(29)27(16-19-5-4-12-32-19)21(28)18-13-17-14-23(30-10-11-31-23)7-6-20(17)26(3)15-18/h4-5,12,17-18,20H,6-11,13-16H2,1-3H3,(H,24,29)/t17-,18-,20-/m1/s1. The van der Waals surface area contributed by atoms with E-state index in [2.05, 4.69) is 17.3 Å². The number of likely N-dealkylation sites (N-methyl/N-ethyl adjacent to an activating group) is 1. The van der Waals surface area contributed by atoms with Crippen LogP contribution in [-0.4, -0.2) is 92.5 Å². The lowest BCUT2D eigenvalue weighted by atomic mass is 9.72. The van der Waals surface area contributed by atoms with Crippen LogP contribution in [0.1, 0.15) is 30.6 Å². The van der Waals surface area contributed by atoms with Crippen molar-refractivity contribution < 1.29 is 19.1 Å². The number of ether oxygens (including phenoxy) is 2. The van der Waals surface area contributed by atoms with Gasteiger partial charge in [0.2, 0.25) is 5.91 Å². The number of hydrogen-bond acceptors (Lipinski definition) is 7. The van der Waals surface area contributed by atoms with Gasteiger partial charge < -0.3 is 24.6 Å². The van der Waals surface area contributed by atoms with Crippen molar-refractivity contribution in [1.82, 2.24) is 20.0 Å². The highest BCUT2D eigenvalue weighted by Crippen LogP contribution is 2.45. The summed E-state index contributed by atoms with van der Waals surface area (Å²) in [6, 6.07) is 4.06. The molecule has 8 nitrogen and oxygen atoms in total. The molecule has 0 radical (unpaired) electrons. The Hall–Kier alpha value is -1.52. The summed E-state index contributed by atoms with van der Waals surface area (Å²) >= 11 is 1.57. The monoisotopic (exact) mass is 464 g/mol. The second-order valence-corrected chi connectivity index (χ2v) is 10.6. The van der Waals surface area contributed by atoms with Crippen LogP contribution >= 0.6 is 11.3 Å². The number of carbonyl (C=O) groups is 2. The van der Waals surface area contributed by atoms with Gasteiger partial charge in [-0.15, -0.1) is 11.3 Å². The van der Waals surface area contributed by atoms with Crippen LogP contribution in [0, 0.1) is 11.8 Å². The third kappa shape index (κ3) is 5.34. The van der Waals surface area contributed by atoms with Gasteiger partial charge in [-0.2, -0.15) is 0 Å². The maximum atomic E-state index is 13.7. The summed E-state index contributed by atoms with van der Waals surface area (Å²) in [6.07, 6.45) is 3.53. The van der Waals surface area contributed by atoms with Crippen molar-refractivity contribution in [2.24, 2.45) is 11.8 Å². The Labute approximate surface area is 194 Å². The maximum absolute atomic E-state index is 13.7. The summed E-state index contributed by atoms with van der Waals surface area (Å²) in [5.41, 5.74) is 0. The van der Waals surface area contributed by atoms with Gasteiger partial charge >= 0.3 is 6.03 Å². The lowest BCUT2D eigenvalue weighted by molar-refractivity contribution is -0.202. The molecule has 3 heterocycles. The second-order valence-electron chi connectivity index (χ2n) is 9.59. The van der Waals surface area contributed by atoms with E-state index < -0.39 is 5.79 Å². The molecule has 1 aromatic heterocycles. The van der Waals surface area contributed by atoms with Crippen molar-refractivity contribution in [3.8, 4) is 0 Å². The minimum Gasteiger partial charge on any atom is -0.348 e. The minimum absolute atomic E-state index is 0.0843. The van der Waals surface area contributed by atoms with Gasteiger partial charge in [-0.05, 0) is 51.3 Å². The number of thiophene rings is 1. The fourth-order valence-corrected chi connectivity index (χ4v) is 6.13. The Kier molecular flexibility index (Phi) is 7.51. The van der Waals surface area contributed by atoms with E-state index in [0.717, 1.165) is 37.1 Å². The van der Waals surface area contributed by atoms with E-state index in [9.17, 15) is 9.59 Å². The lowest BCUT2D eigenvalue weighted by Gasteiger charge is -2.49. The van der Waals surface area contributed by atoms with Gasteiger partial charge in [-0.1, -0.05) is 6.07 Å². The molecule has 1 N–H and O–H groups in total. The smallest absolute Gasteiger partial charge is 0.324 e. The number of carbonyl (C=O) groups excluding carboxylic acids is 2. The molecule has 0 bridgehead atoms. The van der Waals surface area contributed by atoms with Crippen LogP contribution in [-0.2, 0) is 20.8 Å². The number of imide groups is 1. The predicted octanol–water partition coefficient (Wildman–Crippen LogP) is 2.21. The van der Waals surface area contributed by atoms with Crippen LogP contribution < -0.4 is 5.32 Å². The molecule has 0 aromatic carbocycles. The largest absolute Gasteiger partial charge is 0.348 e. The predicted molar refractivity (Wildman–Crippen MR) is 123 cm³/mol. The second kappa shape index (κ2) is 10.2. The van der Waals surface area contributed by atoms with E-state index in [1.54, 1.807) is 11.3 Å². The van der Waals surface area contributed by atoms with Gasteiger partial charge in [0.05, 0.1) is 25.7 Å². The van der Waals surface area contributed by atoms with Crippen LogP contribution in [0.15, 0.2) is 17.5 Å². The number of likely N-dealkylation sites (tertiary alicyclic amines) is 1. The van der Waals surface area contributed by atoms with Crippen molar-refractivity contribution in [2.75, 3.05) is 54.0 Å². The number of nitrogens with zero attached hydrogens (tertiary/aromatic N) is 3. The average molecular weight is 465 g/mol. The van der Waals surface area contributed by atoms with E-state index in [0.29, 0.717) is 44.8 Å². The molecule has 3 fully saturated rings. The zero-order valence-electron chi connectivity index (χ0n) is 19.4. The lowest BCUT2D eigenvalue weighted by Crippen LogP contribution is -2.57. The Morgan fingerprint density at radius 3 is 2.78 bits per heavy atom. The third-order valence-electron chi connectivity index (χ3n) is 7.00. The molecule has 0 unspecified atom stereocenters. The summed E-state index contributed by atoms with van der Waals surface area (Å²) < 4.78 is 12.0. The number of urea groups is 1. The number of nitrogens with one attached hydrogen (secondary N) is 1. The first-order chi connectivity index (χ1) is 15.4. The zero-order valence-corrected chi connectivity index (χ0v) is 20.2. The highest BCUT2D eigenvalue weighted by Gasteiger charge is 2.49. The van der Waals surface area contributed by atoms with E-state index in [1.165, 1.54) is 4.90 Å². The first kappa shape index (κ1) is 23.6. The van der Waals surface area contributed by atoms with Crippen LogP contribution in [0.2, 0.25) is 0 Å². The van der Waals surface area contributed by atoms with Crippen molar-refractivity contribution in [2.45, 2.75) is 44.1 Å². The number of rotatable bonds is 6. The highest BCUT2D eigenvalue weighted by atomic mass is 32.1. The molecule has 2 aliphatic heterocycles. The van der Waals surface area contributed by atoms with Gasteiger partial charge in [0.1, 0.15) is 0 Å². The molecule has 1 aliphatic carbocycles. The molecule has 3 amide bonds. The fourth-order valence-electron chi connectivity index (χ4n) is 5.43. The van der Waals surface area contributed by atoms with Crippen molar-refractivity contribution >= 4 is 23.3 Å². The van der Waals surface area contributed by atoms with E-state index in [1.807, 2.05) is 36.5 Å². The van der Waals surface area contributed by atoms with Crippen molar-refractivity contribution in [3.05, 3.63) is 22.4 Å². The number of piperidine rings is 1. The molecule has 4 rings (SSSR count). The Morgan fingerprint density at radius 1 is 1.31 bits per heavy atom. The van der Waals surface area contributed by atoms with Crippen LogP contribution in [0.4, 0.5) is 4.79 Å². The maximum Gasteiger partial charge on any atom is 0.324 e. The topological polar surface area (TPSA) is 74.4 Å². The average Bonchev–Trinajstić information content (AvgIpc) is 3.43. The van der Waals surface area contributed by atoms with Crippen LogP contribution in [0.3, 0.4) is 0 Å². The van der Waals surface area contributed by atoms with Gasteiger partial charge in [0.15, 0.2) is 5.79 Å². The first-order valence-electron chi connectivity index (χ1n) is 11.6. The molecular formula is C23H36N4O4S. The van der Waals surface area contributed by atoms with Crippen molar-refractivity contribution in [1.29, 1.82) is 0 Å². The van der Waals surface area contributed by atoms with Crippen LogP contribution in [0.5, 0.6) is 0 Å². The molecule has 178 valence electrons. The highest BCUT2D eigenvalue weighted by molar-refractivity contribution is 7.09. The third-order valence-corrected chi connectivity index (χ3v) is 7.86. The van der Waals surface area contributed by atoms with Gasteiger partial charge in [0, 0.05) is 43.4 Å². The Balaban J connectivity index is 1.46. The fraction of sp³-hybridized carbons (Fsp3) is 0.739. The zero-order chi connectivity index (χ0) is 22.7. The van der Waals surface area contributed by atoms with E-state index >= 15 is 0 Å². The van der Waals surface area contributed by atoms with Gasteiger partial charge in [-0.3, -0.25) is 9.69 Å². The normalized spacial score (nSPS) is 27.4. The first-order valence-corrected chi connectivity index (χ1v) is 12.5. The number of amides is 3. The summed E-state index contributed by atoms with van der Waals surface area (Å²) in [5.74, 6) is -0.432. The van der Waals surface area contributed by atoms with E-state index in [4.69, 9.17) is 9.47 Å². The SMILES string of the molecule is CN(C)CCNC(=O)N(Cc1cccs1)C(=O)[C@@H]1C[C@@H]2CC3(CC[C@H]2N(C)C1)OCCO3. The Bertz CT molecular complexity index is 781.